The minimum absolute atomic E-state index is 0.537. The molecular formula is C9H10N2O. The SMILES string of the molecule is C#CCCC(O)c1cnccn1. The van der Waals surface area contributed by atoms with E-state index in [9.17, 15) is 5.11 Å². The van der Waals surface area contributed by atoms with Gasteiger partial charge in [0, 0.05) is 18.8 Å². The molecule has 0 saturated carbocycles. The van der Waals surface area contributed by atoms with E-state index in [2.05, 4.69) is 15.9 Å². The Labute approximate surface area is 71.5 Å². The van der Waals surface area contributed by atoms with Gasteiger partial charge in [-0.2, -0.15) is 0 Å². The third kappa shape index (κ3) is 2.33. The number of hydrogen-bond donors (Lipinski definition) is 1. The smallest absolute Gasteiger partial charge is 0.0984 e. The van der Waals surface area contributed by atoms with Crippen molar-refractivity contribution < 1.29 is 5.11 Å². The Morgan fingerprint density at radius 3 is 3.00 bits per heavy atom. The fraction of sp³-hybridized carbons (Fsp3) is 0.333. The lowest BCUT2D eigenvalue weighted by molar-refractivity contribution is 0.164. The molecule has 1 rings (SSSR count). The highest BCUT2D eigenvalue weighted by Crippen LogP contribution is 2.13. The zero-order valence-corrected chi connectivity index (χ0v) is 6.64. The van der Waals surface area contributed by atoms with Crippen LogP contribution in [0.2, 0.25) is 0 Å². The molecule has 0 amide bonds. The van der Waals surface area contributed by atoms with Crippen molar-refractivity contribution in [1.29, 1.82) is 0 Å². The van der Waals surface area contributed by atoms with Crippen LogP contribution < -0.4 is 0 Å². The zero-order valence-electron chi connectivity index (χ0n) is 6.64. The number of nitrogens with zero attached hydrogens (tertiary/aromatic N) is 2. The summed E-state index contributed by atoms with van der Waals surface area (Å²) in [5.41, 5.74) is 0.577. The number of aliphatic hydroxyl groups is 1. The molecule has 0 aliphatic carbocycles. The van der Waals surface area contributed by atoms with E-state index in [0.29, 0.717) is 18.5 Å². The molecule has 0 aromatic carbocycles. The molecule has 0 radical (unpaired) electrons. The van der Waals surface area contributed by atoms with Crippen molar-refractivity contribution in [3.05, 3.63) is 24.3 Å². The van der Waals surface area contributed by atoms with Crippen LogP contribution in [0.5, 0.6) is 0 Å². The van der Waals surface area contributed by atoms with Crippen LogP contribution in [0.4, 0.5) is 0 Å². The molecule has 3 nitrogen and oxygen atoms in total. The van der Waals surface area contributed by atoms with Crippen molar-refractivity contribution in [2.45, 2.75) is 18.9 Å². The molecule has 1 aromatic heterocycles. The predicted molar refractivity (Wildman–Crippen MR) is 45.1 cm³/mol. The van der Waals surface area contributed by atoms with E-state index in [1.54, 1.807) is 18.6 Å². The van der Waals surface area contributed by atoms with Crippen molar-refractivity contribution in [1.82, 2.24) is 9.97 Å². The number of rotatable bonds is 3. The normalized spacial score (nSPS) is 12.0. The van der Waals surface area contributed by atoms with E-state index in [1.807, 2.05) is 0 Å². The van der Waals surface area contributed by atoms with Crippen LogP contribution in [-0.2, 0) is 0 Å². The van der Waals surface area contributed by atoms with Crippen LogP contribution in [-0.4, -0.2) is 15.1 Å². The van der Waals surface area contributed by atoms with E-state index in [1.165, 1.54) is 0 Å². The molecule has 1 heterocycles. The van der Waals surface area contributed by atoms with E-state index in [4.69, 9.17) is 6.42 Å². The molecule has 1 aromatic rings. The monoisotopic (exact) mass is 162 g/mol. The van der Waals surface area contributed by atoms with Gasteiger partial charge in [-0.05, 0) is 6.42 Å². The van der Waals surface area contributed by atoms with Gasteiger partial charge in [0.05, 0.1) is 18.0 Å². The van der Waals surface area contributed by atoms with E-state index in [0.717, 1.165) is 0 Å². The topological polar surface area (TPSA) is 46.0 Å². The number of hydrogen-bond acceptors (Lipinski definition) is 3. The van der Waals surface area contributed by atoms with Gasteiger partial charge in [-0.1, -0.05) is 0 Å². The lowest BCUT2D eigenvalue weighted by Crippen LogP contribution is -1.99. The molecular weight excluding hydrogens is 152 g/mol. The fourth-order valence-corrected chi connectivity index (χ4v) is 0.851. The second kappa shape index (κ2) is 4.47. The van der Waals surface area contributed by atoms with E-state index < -0.39 is 6.10 Å². The molecule has 62 valence electrons. The maximum atomic E-state index is 9.45. The Balaban J connectivity index is 2.55. The first-order valence-electron chi connectivity index (χ1n) is 3.72. The molecule has 0 aliphatic heterocycles. The Morgan fingerprint density at radius 2 is 2.42 bits per heavy atom. The second-order valence-electron chi connectivity index (χ2n) is 2.39. The molecule has 1 N–H and O–H groups in total. The van der Waals surface area contributed by atoms with Crippen LogP contribution in [0, 0.1) is 12.3 Å². The van der Waals surface area contributed by atoms with Crippen LogP contribution in [0.25, 0.3) is 0 Å². The van der Waals surface area contributed by atoms with Crippen molar-refractivity contribution in [2.75, 3.05) is 0 Å². The van der Waals surface area contributed by atoms with Crippen LogP contribution >= 0.6 is 0 Å². The van der Waals surface area contributed by atoms with Crippen molar-refractivity contribution in [3.63, 3.8) is 0 Å². The zero-order chi connectivity index (χ0) is 8.81. The first kappa shape index (κ1) is 8.69. The average Bonchev–Trinajstić information content (AvgIpc) is 2.15. The Bertz CT molecular complexity index is 266. The molecule has 3 heteroatoms. The molecule has 1 atom stereocenters. The van der Waals surface area contributed by atoms with Gasteiger partial charge in [-0.3, -0.25) is 9.97 Å². The van der Waals surface area contributed by atoms with Gasteiger partial charge >= 0.3 is 0 Å². The second-order valence-corrected chi connectivity index (χ2v) is 2.39. The highest BCUT2D eigenvalue weighted by atomic mass is 16.3. The summed E-state index contributed by atoms with van der Waals surface area (Å²) in [5.74, 6) is 2.46. The Hall–Kier alpha value is -1.40. The summed E-state index contributed by atoms with van der Waals surface area (Å²) in [6, 6.07) is 0. The fourth-order valence-electron chi connectivity index (χ4n) is 0.851. The lowest BCUT2D eigenvalue weighted by Gasteiger charge is -2.05. The Kier molecular flexibility index (Phi) is 3.24. The summed E-state index contributed by atoms with van der Waals surface area (Å²) in [7, 11) is 0. The van der Waals surface area contributed by atoms with Gasteiger partial charge in [0.2, 0.25) is 0 Å². The molecule has 12 heavy (non-hydrogen) atoms. The molecule has 0 fully saturated rings. The molecule has 0 bridgehead atoms. The van der Waals surface area contributed by atoms with Gasteiger partial charge in [-0.15, -0.1) is 12.3 Å². The Morgan fingerprint density at radius 1 is 1.58 bits per heavy atom. The maximum absolute atomic E-state index is 9.45. The summed E-state index contributed by atoms with van der Waals surface area (Å²) in [4.78, 5) is 7.79. The summed E-state index contributed by atoms with van der Waals surface area (Å²) in [5, 5.41) is 9.45. The van der Waals surface area contributed by atoms with Crippen LogP contribution in [0.1, 0.15) is 24.6 Å². The van der Waals surface area contributed by atoms with Gasteiger partial charge in [0.15, 0.2) is 0 Å². The minimum atomic E-state index is -0.588. The first-order chi connectivity index (χ1) is 5.84. The van der Waals surface area contributed by atoms with Crippen molar-refractivity contribution in [2.24, 2.45) is 0 Å². The van der Waals surface area contributed by atoms with Crippen LogP contribution in [0.3, 0.4) is 0 Å². The number of terminal acetylenes is 1. The average molecular weight is 162 g/mol. The van der Waals surface area contributed by atoms with Gasteiger partial charge < -0.3 is 5.11 Å². The van der Waals surface area contributed by atoms with Gasteiger partial charge in [-0.25, -0.2) is 0 Å². The highest BCUT2D eigenvalue weighted by Gasteiger charge is 2.06. The summed E-state index contributed by atoms with van der Waals surface area (Å²) >= 11 is 0. The van der Waals surface area contributed by atoms with E-state index in [-0.39, 0.29) is 0 Å². The van der Waals surface area contributed by atoms with Gasteiger partial charge in [0.25, 0.3) is 0 Å². The highest BCUT2D eigenvalue weighted by molar-refractivity contribution is 5.00. The molecule has 0 spiro atoms. The molecule has 0 saturated heterocycles. The summed E-state index contributed by atoms with van der Waals surface area (Å²) in [6.07, 6.45) is 10.2. The first-order valence-corrected chi connectivity index (χ1v) is 3.72. The third-order valence-corrected chi connectivity index (χ3v) is 1.49. The number of aliphatic hydroxyl groups excluding tert-OH is 1. The molecule has 1 unspecified atom stereocenters. The third-order valence-electron chi connectivity index (χ3n) is 1.49. The molecule has 0 aliphatic rings. The van der Waals surface area contributed by atoms with E-state index >= 15 is 0 Å². The largest absolute Gasteiger partial charge is 0.387 e. The van der Waals surface area contributed by atoms with Gasteiger partial charge in [0.1, 0.15) is 0 Å². The maximum Gasteiger partial charge on any atom is 0.0984 e. The predicted octanol–water partition coefficient (Wildman–Crippen LogP) is 0.923. The summed E-state index contributed by atoms with van der Waals surface area (Å²) in [6.45, 7) is 0. The number of aromatic nitrogens is 2. The lowest BCUT2D eigenvalue weighted by atomic mass is 10.1. The van der Waals surface area contributed by atoms with Crippen molar-refractivity contribution >= 4 is 0 Å². The standard InChI is InChI=1S/C9H10N2O/c1-2-3-4-9(12)8-7-10-5-6-11-8/h1,5-7,9,12H,3-4H2. The quantitative estimate of drug-likeness (QED) is 0.672. The minimum Gasteiger partial charge on any atom is -0.387 e. The van der Waals surface area contributed by atoms with Crippen LogP contribution in [0.15, 0.2) is 18.6 Å². The summed E-state index contributed by atoms with van der Waals surface area (Å²) < 4.78 is 0. The van der Waals surface area contributed by atoms with Crippen molar-refractivity contribution in [3.8, 4) is 12.3 Å².